The molecule has 0 aliphatic rings. The highest BCUT2D eigenvalue weighted by atomic mass is 19.1. The third kappa shape index (κ3) is 2.47. The number of benzene rings is 1. The van der Waals surface area contributed by atoms with Crippen molar-refractivity contribution in [2.75, 3.05) is 5.73 Å². The Morgan fingerprint density at radius 1 is 1.42 bits per heavy atom. The van der Waals surface area contributed by atoms with E-state index in [4.69, 9.17) is 10.8 Å². The van der Waals surface area contributed by atoms with Crippen LogP contribution in [-0.2, 0) is 6.54 Å². The molecule has 122 valence electrons. The molecule has 2 heterocycles. The molecule has 3 aromatic rings. The second kappa shape index (κ2) is 5.73. The van der Waals surface area contributed by atoms with Crippen LogP contribution >= 0.6 is 0 Å². The SMILES string of the molecule is CCn1cc(C(=O)O)c(=O)c2cc(F)c(-c3ccnc(N)n3)cc21. The lowest BCUT2D eigenvalue weighted by Crippen LogP contribution is -2.19. The number of aryl methyl sites for hydroxylation is 1. The van der Waals surface area contributed by atoms with Crippen LogP contribution in [0.2, 0.25) is 0 Å². The van der Waals surface area contributed by atoms with Gasteiger partial charge in [-0.15, -0.1) is 0 Å². The summed E-state index contributed by atoms with van der Waals surface area (Å²) in [6, 6.07) is 3.99. The van der Waals surface area contributed by atoms with Gasteiger partial charge in [-0.3, -0.25) is 4.79 Å². The van der Waals surface area contributed by atoms with E-state index in [2.05, 4.69) is 9.97 Å². The number of nitrogen functional groups attached to an aromatic ring is 1. The van der Waals surface area contributed by atoms with Crippen molar-refractivity contribution in [3.8, 4) is 11.3 Å². The number of carbonyl (C=O) groups is 1. The van der Waals surface area contributed by atoms with E-state index >= 15 is 0 Å². The number of rotatable bonds is 3. The lowest BCUT2D eigenvalue weighted by atomic mass is 10.1. The second-order valence-corrected chi connectivity index (χ2v) is 5.11. The number of aromatic nitrogens is 3. The van der Waals surface area contributed by atoms with Crippen LogP contribution < -0.4 is 11.2 Å². The van der Waals surface area contributed by atoms with Crippen molar-refractivity contribution in [2.24, 2.45) is 0 Å². The van der Waals surface area contributed by atoms with E-state index in [-0.39, 0.29) is 22.6 Å². The maximum Gasteiger partial charge on any atom is 0.341 e. The van der Waals surface area contributed by atoms with Crippen LogP contribution in [0.4, 0.5) is 10.3 Å². The fourth-order valence-electron chi connectivity index (χ4n) is 2.54. The van der Waals surface area contributed by atoms with Crippen molar-refractivity contribution in [2.45, 2.75) is 13.5 Å². The highest BCUT2D eigenvalue weighted by molar-refractivity contribution is 5.93. The number of pyridine rings is 1. The van der Waals surface area contributed by atoms with Crippen LogP contribution in [0.15, 0.2) is 35.4 Å². The van der Waals surface area contributed by atoms with Crippen molar-refractivity contribution in [3.05, 3.63) is 52.2 Å². The first-order chi connectivity index (χ1) is 11.4. The predicted octanol–water partition coefficient (Wildman–Crippen LogP) is 1.90. The first-order valence-corrected chi connectivity index (χ1v) is 7.11. The fraction of sp³-hybridized carbons (Fsp3) is 0.125. The molecule has 0 fully saturated rings. The van der Waals surface area contributed by atoms with Gasteiger partial charge in [0.15, 0.2) is 0 Å². The molecule has 0 atom stereocenters. The predicted molar refractivity (Wildman–Crippen MR) is 86.2 cm³/mol. The third-order valence-electron chi connectivity index (χ3n) is 3.69. The summed E-state index contributed by atoms with van der Waals surface area (Å²) in [7, 11) is 0. The van der Waals surface area contributed by atoms with E-state index in [1.54, 1.807) is 11.5 Å². The monoisotopic (exact) mass is 328 g/mol. The molecule has 3 N–H and O–H groups in total. The van der Waals surface area contributed by atoms with Crippen LogP contribution in [0.25, 0.3) is 22.2 Å². The molecule has 0 saturated carbocycles. The van der Waals surface area contributed by atoms with Crippen LogP contribution in [0.5, 0.6) is 0 Å². The summed E-state index contributed by atoms with van der Waals surface area (Å²) in [5.41, 5.74) is 5.25. The van der Waals surface area contributed by atoms with E-state index in [0.29, 0.717) is 12.1 Å². The minimum absolute atomic E-state index is 0.0000260. The number of carboxylic acids is 1. The summed E-state index contributed by atoms with van der Waals surface area (Å²) in [5.74, 6) is -2.04. The van der Waals surface area contributed by atoms with Gasteiger partial charge in [-0.05, 0) is 25.1 Å². The smallest absolute Gasteiger partial charge is 0.341 e. The number of hydrogen-bond donors (Lipinski definition) is 2. The zero-order valence-electron chi connectivity index (χ0n) is 12.7. The summed E-state index contributed by atoms with van der Waals surface area (Å²) >= 11 is 0. The molecule has 24 heavy (non-hydrogen) atoms. The Kier molecular flexibility index (Phi) is 3.72. The van der Waals surface area contributed by atoms with Gasteiger partial charge >= 0.3 is 5.97 Å². The second-order valence-electron chi connectivity index (χ2n) is 5.11. The summed E-state index contributed by atoms with van der Waals surface area (Å²) in [6.45, 7) is 2.20. The van der Waals surface area contributed by atoms with E-state index in [1.165, 1.54) is 24.5 Å². The van der Waals surface area contributed by atoms with Gasteiger partial charge in [0, 0.05) is 29.9 Å². The zero-order valence-corrected chi connectivity index (χ0v) is 12.7. The highest BCUT2D eigenvalue weighted by Crippen LogP contribution is 2.26. The molecule has 0 aliphatic heterocycles. The summed E-state index contributed by atoms with van der Waals surface area (Å²) < 4.78 is 16.1. The Labute approximate surface area is 135 Å². The van der Waals surface area contributed by atoms with Gasteiger partial charge in [0.2, 0.25) is 11.4 Å². The van der Waals surface area contributed by atoms with Crippen molar-refractivity contribution < 1.29 is 14.3 Å². The van der Waals surface area contributed by atoms with E-state index in [1.807, 2.05) is 0 Å². The maximum absolute atomic E-state index is 14.5. The Morgan fingerprint density at radius 3 is 2.79 bits per heavy atom. The number of anilines is 1. The van der Waals surface area contributed by atoms with E-state index in [9.17, 15) is 14.0 Å². The first kappa shape index (κ1) is 15.6. The number of carboxylic acid groups (broad SMARTS) is 1. The van der Waals surface area contributed by atoms with Gasteiger partial charge in [0.25, 0.3) is 0 Å². The normalized spacial score (nSPS) is 10.9. The maximum atomic E-state index is 14.5. The number of hydrogen-bond acceptors (Lipinski definition) is 5. The van der Waals surface area contributed by atoms with Crippen molar-refractivity contribution in [1.82, 2.24) is 14.5 Å². The molecule has 0 unspecified atom stereocenters. The number of aromatic carboxylic acids is 1. The average molecular weight is 328 g/mol. The minimum atomic E-state index is -1.35. The number of halogens is 1. The largest absolute Gasteiger partial charge is 0.477 e. The molecular formula is C16H13FN4O3. The van der Waals surface area contributed by atoms with Crippen LogP contribution in [-0.4, -0.2) is 25.6 Å². The van der Waals surface area contributed by atoms with Crippen LogP contribution in [0, 0.1) is 5.82 Å². The molecule has 8 heteroatoms. The fourth-order valence-corrected chi connectivity index (χ4v) is 2.54. The first-order valence-electron chi connectivity index (χ1n) is 7.11. The molecule has 0 saturated heterocycles. The van der Waals surface area contributed by atoms with Crippen LogP contribution in [0.3, 0.4) is 0 Å². The molecule has 2 aromatic heterocycles. The van der Waals surface area contributed by atoms with Crippen molar-refractivity contribution in [3.63, 3.8) is 0 Å². The minimum Gasteiger partial charge on any atom is -0.477 e. The standard InChI is InChI=1S/C16H13FN4O3/c1-2-21-7-10(15(23)24)14(22)9-5-11(17)8(6-13(9)21)12-3-4-19-16(18)20-12/h3-7H,2H2,1H3,(H,23,24)(H2,18,19,20). The lowest BCUT2D eigenvalue weighted by molar-refractivity contribution is 0.0695. The third-order valence-corrected chi connectivity index (χ3v) is 3.69. The summed E-state index contributed by atoms with van der Waals surface area (Å²) in [6.07, 6.45) is 2.66. The van der Waals surface area contributed by atoms with Gasteiger partial charge < -0.3 is 15.4 Å². The molecular weight excluding hydrogens is 315 g/mol. The molecule has 3 rings (SSSR count). The van der Waals surface area contributed by atoms with Crippen molar-refractivity contribution in [1.29, 1.82) is 0 Å². The highest BCUT2D eigenvalue weighted by Gasteiger charge is 2.17. The van der Waals surface area contributed by atoms with E-state index < -0.39 is 22.8 Å². The number of fused-ring (bicyclic) bond motifs is 1. The Balaban J connectivity index is 2.38. The number of nitrogens with zero attached hydrogens (tertiary/aromatic N) is 3. The van der Waals surface area contributed by atoms with Gasteiger partial charge in [0.05, 0.1) is 11.2 Å². The molecule has 0 bridgehead atoms. The summed E-state index contributed by atoms with van der Waals surface area (Å²) in [5, 5.41) is 9.14. The van der Waals surface area contributed by atoms with Gasteiger partial charge in [-0.2, -0.15) is 0 Å². The zero-order chi connectivity index (χ0) is 17.4. The molecule has 7 nitrogen and oxygen atoms in total. The van der Waals surface area contributed by atoms with Crippen molar-refractivity contribution >= 4 is 22.8 Å². The lowest BCUT2D eigenvalue weighted by Gasteiger charge is -2.12. The molecule has 0 spiro atoms. The molecule has 0 amide bonds. The van der Waals surface area contributed by atoms with Crippen LogP contribution in [0.1, 0.15) is 17.3 Å². The van der Waals surface area contributed by atoms with Gasteiger partial charge in [0.1, 0.15) is 11.4 Å². The molecule has 0 radical (unpaired) electrons. The average Bonchev–Trinajstić information content (AvgIpc) is 2.55. The topological polar surface area (TPSA) is 111 Å². The van der Waals surface area contributed by atoms with E-state index in [0.717, 1.165) is 6.07 Å². The summed E-state index contributed by atoms with van der Waals surface area (Å²) in [4.78, 5) is 31.2. The molecule has 0 aliphatic carbocycles. The Hall–Kier alpha value is -3.29. The quantitative estimate of drug-likeness (QED) is 0.759. The van der Waals surface area contributed by atoms with Gasteiger partial charge in [-0.25, -0.2) is 19.2 Å². The Bertz CT molecular complexity index is 1030. The molecule has 1 aromatic carbocycles. The van der Waals surface area contributed by atoms with Gasteiger partial charge in [-0.1, -0.05) is 0 Å². The number of nitrogens with two attached hydrogens (primary N) is 1. The Morgan fingerprint density at radius 2 is 2.17 bits per heavy atom.